The summed E-state index contributed by atoms with van der Waals surface area (Å²) >= 11 is 0. The summed E-state index contributed by atoms with van der Waals surface area (Å²) in [6, 6.07) is 0. The first kappa shape index (κ1) is 12.2. The first-order valence-corrected chi connectivity index (χ1v) is 4.91. The maximum Gasteiger partial charge on any atom is 0.308 e. The van der Waals surface area contributed by atoms with Crippen LogP contribution in [0.4, 0.5) is 0 Å². The van der Waals surface area contributed by atoms with Crippen molar-refractivity contribution in [3.05, 3.63) is 12.2 Å². The number of carbonyl (C=O) groups excluding carboxylic acids is 1. The average Bonchev–Trinajstić information content (AvgIpc) is 2.12. The van der Waals surface area contributed by atoms with Gasteiger partial charge in [0, 0.05) is 6.42 Å². The van der Waals surface area contributed by atoms with E-state index in [1.54, 1.807) is 6.92 Å². The van der Waals surface area contributed by atoms with Crippen molar-refractivity contribution in [1.82, 2.24) is 0 Å². The summed E-state index contributed by atoms with van der Waals surface area (Å²) in [6.45, 7) is 1.67. The predicted octanol–water partition coefficient (Wildman–Crippen LogP) is -0.649. The van der Waals surface area contributed by atoms with Gasteiger partial charge in [0.1, 0.15) is 6.10 Å². The summed E-state index contributed by atoms with van der Waals surface area (Å²) in [5.74, 6) is -0.573. The van der Waals surface area contributed by atoms with Gasteiger partial charge in [0.15, 0.2) is 0 Å². The largest absolute Gasteiger partial charge is 0.462 e. The summed E-state index contributed by atoms with van der Waals surface area (Å²) in [5.41, 5.74) is 0. The molecule has 15 heavy (non-hydrogen) atoms. The van der Waals surface area contributed by atoms with Crippen LogP contribution in [0.5, 0.6) is 0 Å². The normalized spacial score (nSPS) is 40.7. The van der Waals surface area contributed by atoms with E-state index in [1.165, 1.54) is 12.2 Å². The van der Waals surface area contributed by atoms with Crippen molar-refractivity contribution in [2.45, 2.75) is 44.2 Å². The number of hydrogen-bond donors (Lipinski definition) is 3. The van der Waals surface area contributed by atoms with E-state index < -0.39 is 30.4 Å². The van der Waals surface area contributed by atoms with Crippen molar-refractivity contribution >= 4 is 5.97 Å². The van der Waals surface area contributed by atoms with E-state index in [0.717, 1.165) is 0 Å². The molecule has 0 unspecified atom stereocenters. The van der Waals surface area contributed by atoms with E-state index in [0.29, 0.717) is 0 Å². The molecule has 4 atom stereocenters. The number of esters is 1. The molecule has 1 rings (SSSR count). The lowest BCUT2D eigenvalue weighted by Crippen LogP contribution is -2.31. The van der Waals surface area contributed by atoms with Crippen LogP contribution in [0.1, 0.15) is 19.8 Å². The number of aliphatic hydroxyl groups is 3. The average molecular weight is 225 g/mol. The van der Waals surface area contributed by atoms with Gasteiger partial charge in [0.2, 0.25) is 0 Å². The topological polar surface area (TPSA) is 87.0 Å². The molecule has 5 heteroatoms. The Balaban J connectivity index is 2.72. The molecule has 0 saturated heterocycles. The molecule has 1 heterocycles. The van der Waals surface area contributed by atoms with Gasteiger partial charge in [-0.2, -0.15) is 0 Å². The monoisotopic (exact) mass is 225 g/mol. The maximum atomic E-state index is 11.2. The molecule has 0 bridgehead atoms. The van der Waals surface area contributed by atoms with Gasteiger partial charge in [0.05, 0.1) is 24.7 Å². The zero-order valence-corrected chi connectivity index (χ0v) is 8.54. The van der Waals surface area contributed by atoms with E-state index in [2.05, 4.69) is 0 Å². The molecule has 0 fully saturated rings. The highest BCUT2D eigenvalue weighted by atomic mass is 18.4. The Hall–Kier alpha value is -0.910. The van der Waals surface area contributed by atoms with Crippen LogP contribution in [0.15, 0.2) is 12.2 Å². The summed E-state index contributed by atoms with van der Waals surface area (Å²) < 4.78 is 4.91. The standard InChI is InChI=1S/C10H16O5/c1-6-4-7(11)2-3-8(12)9(13)5-10(14)15-6/h2-3,6-9,11-13H,4-5H2,1H3/b3-2+/t6-,7-,8+,9+/m1/s1/i3+1,6+1,7+1,9+1,10+1,14+2,15+2. The minimum Gasteiger partial charge on any atom is -0.462 e. The summed E-state index contributed by atoms with van der Waals surface area (Å²) in [4.78, 5) is 11.2. The van der Waals surface area contributed by atoms with Gasteiger partial charge in [-0.3, -0.25) is 4.79 Å². The Labute approximate surface area is 88.0 Å². The first-order chi connectivity index (χ1) is 6.99. The zero-order valence-electron chi connectivity index (χ0n) is 8.54. The highest BCUT2D eigenvalue weighted by Crippen LogP contribution is 2.11. The molecule has 86 valence electrons. The number of carbonyl (C=O) groups is 1. The maximum absolute atomic E-state index is 11.2. The highest BCUT2D eigenvalue weighted by molar-refractivity contribution is 5.70. The molecular formula is C10H16O5. The minimum atomic E-state index is -1.19. The van der Waals surface area contributed by atoms with Crippen LogP contribution in [0.25, 0.3) is 0 Å². The molecule has 5 nitrogen and oxygen atoms in total. The van der Waals surface area contributed by atoms with Crippen molar-refractivity contribution in [3.8, 4) is 0 Å². The molecule has 0 radical (unpaired) electrons. The Morgan fingerprint density at radius 3 is 2.67 bits per heavy atom. The van der Waals surface area contributed by atoms with Crippen molar-refractivity contribution in [1.29, 1.82) is 0 Å². The zero-order chi connectivity index (χ0) is 11.4. The smallest absolute Gasteiger partial charge is 0.308 e. The van der Waals surface area contributed by atoms with Crippen LogP contribution >= 0.6 is 0 Å². The second-order valence-corrected chi connectivity index (χ2v) is 3.75. The molecule has 3 N–H and O–H groups in total. The Bertz CT molecular complexity index is 250. The lowest BCUT2D eigenvalue weighted by molar-refractivity contribution is -0.152. The molecule has 0 aromatic rings. The van der Waals surface area contributed by atoms with E-state index in [-0.39, 0.29) is 12.8 Å². The quantitative estimate of drug-likeness (QED) is 0.221. The SMILES string of the molecule is C[13C@@H]1C[13C@H](O)/C=[13CH]/[C@H](O)[13C@@H](O)C[13C](=[18O])[18O]1. The van der Waals surface area contributed by atoms with E-state index >= 15 is 0 Å². The second-order valence-electron chi connectivity index (χ2n) is 3.75. The van der Waals surface area contributed by atoms with Crippen molar-refractivity contribution in [3.63, 3.8) is 0 Å². The van der Waals surface area contributed by atoms with E-state index in [1.807, 2.05) is 0 Å². The number of aliphatic hydroxyl groups excluding tert-OH is 3. The number of ether oxygens (including phenoxy) is 1. The van der Waals surface area contributed by atoms with Crippen molar-refractivity contribution in [2.24, 2.45) is 0 Å². The van der Waals surface area contributed by atoms with Gasteiger partial charge in [-0.1, -0.05) is 12.2 Å². The lowest BCUT2D eigenvalue weighted by atomic mass is 10.5. The summed E-state index contributed by atoms with van der Waals surface area (Å²) in [6.07, 6.45) is -0.805. The predicted molar refractivity (Wildman–Crippen MR) is 51.9 cm³/mol. The van der Waals surface area contributed by atoms with Crippen molar-refractivity contribution in [2.75, 3.05) is 0 Å². The molecule has 0 amide bonds. The lowest BCUT2D eigenvalue weighted by Gasteiger charge is -2.20. The fourth-order valence-corrected chi connectivity index (χ4v) is 1.40. The third-order valence-corrected chi connectivity index (χ3v) is 2.21. The van der Waals surface area contributed by atoms with Gasteiger partial charge in [-0.15, -0.1) is 0 Å². The minimum absolute atomic E-state index is 0.244. The second kappa shape index (κ2) is 5.25. The number of hydrogen-bond acceptors (Lipinski definition) is 5. The molecule has 0 aromatic carbocycles. The summed E-state index contributed by atoms with van der Waals surface area (Å²) in [5, 5.41) is 28.1. The first-order valence-electron chi connectivity index (χ1n) is 4.91. The Morgan fingerprint density at radius 1 is 1.33 bits per heavy atom. The fraction of sp³-hybridized carbons (Fsp3) is 0.700. The number of cyclic esters (lactones) is 1. The van der Waals surface area contributed by atoms with Gasteiger partial charge in [-0.05, 0) is 6.92 Å². The molecule has 0 saturated carbocycles. The molecule has 1 aliphatic heterocycles. The number of rotatable bonds is 0. The molecule has 0 aromatic heterocycles. The van der Waals surface area contributed by atoms with E-state index in [9.17, 15) is 20.1 Å². The molecule has 0 spiro atoms. The highest BCUT2D eigenvalue weighted by Gasteiger charge is 2.22. The van der Waals surface area contributed by atoms with Gasteiger partial charge in [0.25, 0.3) is 0 Å². The van der Waals surface area contributed by atoms with Crippen LogP contribution in [-0.2, 0) is 9.53 Å². The Kier molecular flexibility index (Phi) is 4.26. The van der Waals surface area contributed by atoms with Crippen LogP contribution in [0.3, 0.4) is 0 Å². The molecule has 1 aliphatic rings. The van der Waals surface area contributed by atoms with Crippen LogP contribution in [0, 0.1) is 0 Å². The molecule has 0 aliphatic carbocycles. The van der Waals surface area contributed by atoms with Crippen LogP contribution in [-0.4, -0.2) is 45.7 Å². The third-order valence-electron chi connectivity index (χ3n) is 2.21. The van der Waals surface area contributed by atoms with Crippen molar-refractivity contribution < 1.29 is 24.9 Å². The third kappa shape index (κ3) is 3.99. The Morgan fingerprint density at radius 2 is 2.00 bits per heavy atom. The molecular weight excluding hydrogens is 209 g/mol. The van der Waals surface area contributed by atoms with Crippen LogP contribution < -0.4 is 0 Å². The van der Waals surface area contributed by atoms with Gasteiger partial charge >= 0.3 is 5.97 Å². The fourth-order valence-electron chi connectivity index (χ4n) is 1.40. The summed E-state index contributed by atoms with van der Waals surface area (Å²) in [7, 11) is 0. The van der Waals surface area contributed by atoms with Gasteiger partial charge < -0.3 is 20.1 Å². The van der Waals surface area contributed by atoms with Gasteiger partial charge in [-0.25, -0.2) is 0 Å². The van der Waals surface area contributed by atoms with E-state index in [4.69, 9.17) is 4.74 Å². The van der Waals surface area contributed by atoms with Crippen LogP contribution in [0.2, 0.25) is 0 Å².